The molecule has 6 heteroatoms. The zero-order valence-corrected chi connectivity index (χ0v) is 13.8. The van der Waals surface area contributed by atoms with E-state index in [0.717, 1.165) is 3.57 Å². The summed E-state index contributed by atoms with van der Waals surface area (Å²) in [5.41, 5.74) is 1.25. The van der Waals surface area contributed by atoms with Crippen LogP contribution in [0.5, 0.6) is 0 Å². The van der Waals surface area contributed by atoms with Crippen molar-refractivity contribution >= 4 is 56.1 Å². The van der Waals surface area contributed by atoms with Crippen molar-refractivity contribution in [3.8, 4) is 0 Å². The minimum Gasteiger partial charge on any atom is -0.478 e. The zero-order chi connectivity index (χ0) is 14.7. The lowest BCUT2D eigenvalue weighted by molar-refractivity contribution is 0.0696. The molecule has 0 saturated heterocycles. The quantitative estimate of drug-likeness (QED) is 0.701. The SMILES string of the molecule is O=C(O)c1ccc(NC(=O)c2cc(I)ccc2Br)cc1. The third-order valence-corrected chi connectivity index (χ3v) is 3.93. The molecule has 2 N–H and O–H groups in total. The minimum atomic E-state index is -0.997. The van der Waals surface area contributed by atoms with E-state index < -0.39 is 5.97 Å². The summed E-state index contributed by atoms with van der Waals surface area (Å²) in [7, 11) is 0. The molecule has 2 aromatic carbocycles. The van der Waals surface area contributed by atoms with E-state index in [9.17, 15) is 9.59 Å². The van der Waals surface area contributed by atoms with Crippen molar-refractivity contribution in [2.24, 2.45) is 0 Å². The molecule has 0 unspecified atom stereocenters. The van der Waals surface area contributed by atoms with Gasteiger partial charge in [-0.2, -0.15) is 0 Å². The molecule has 0 aliphatic rings. The molecule has 2 aromatic rings. The van der Waals surface area contributed by atoms with Crippen molar-refractivity contribution in [2.75, 3.05) is 5.32 Å². The van der Waals surface area contributed by atoms with Crippen LogP contribution in [0, 0.1) is 3.57 Å². The van der Waals surface area contributed by atoms with E-state index in [1.807, 2.05) is 12.1 Å². The monoisotopic (exact) mass is 445 g/mol. The molecule has 4 nitrogen and oxygen atoms in total. The lowest BCUT2D eigenvalue weighted by Crippen LogP contribution is -2.13. The highest BCUT2D eigenvalue weighted by atomic mass is 127. The van der Waals surface area contributed by atoms with Gasteiger partial charge >= 0.3 is 5.97 Å². The Bertz CT molecular complexity index is 671. The molecule has 1 amide bonds. The maximum absolute atomic E-state index is 12.1. The number of hydrogen-bond donors (Lipinski definition) is 2. The van der Waals surface area contributed by atoms with Crippen LogP contribution in [0.4, 0.5) is 5.69 Å². The molecule has 0 spiro atoms. The maximum Gasteiger partial charge on any atom is 0.335 e. The summed E-state index contributed by atoms with van der Waals surface area (Å²) in [6, 6.07) is 11.5. The first kappa shape index (κ1) is 15.0. The van der Waals surface area contributed by atoms with Gasteiger partial charge in [0.15, 0.2) is 0 Å². The molecule has 0 atom stereocenters. The standard InChI is InChI=1S/C14H9BrINO3/c15-12-6-3-9(16)7-11(12)13(18)17-10-4-1-8(2-5-10)14(19)20/h1-7H,(H,17,18)(H,19,20). The van der Waals surface area contributed by atoms with Crippen LogP contribution in [-0.4, -0.2) is 17.0 Å². The fraction of sp³-hybridized carbons (Fsp3) is 0. The molecule has 2 rings (SSSR count). The molecular weight excluding hydrogens is 437 g/mol. The van der Waals surface area contributed by atoms with Gasteiger partial charge in [-0.15, -0.1) is 0 Å². The summed E-state index contributed by atoms with van der Waals surface area (Å²) in [6.07, 6.45) is 0. The predicted octanol–water partition coefficient (Wildman–Crippen LogP) is 4.00. The Morgan fingerprint density at radius 1 is 1.10 bits per heavy atom. The average Bonchev–Trinajstić information content (AvgIpc) is 2.42. The van der Waals surface area contributed by atoms with Crippen LogP contribution in [0.15, 0.2) is 46.9 Å². The van der Waals surface area contributed by atoms with Gasteiger partial charge in [0, 0.05) is 13.7 Å². The summed E-state index contributed by atoms with van der Waals surface area (Å²) in [5, 5.41) is 11.5. The highest BCUT2D eigenvalue weighted by molar-refractivity contribution is 14.1. The number of carbonyl (C=O) groups is 2. The Balaban J connectivity index is 2.19. The van der Waals surface area contributed by atoms with Gasteiger partial charge < -0.3 is 10.4 Å². The third kappa shape index (κ3) is 3.57. The molecule has 0 fully saturated rings. The second-order valence-electron chi connectivity index (χ2n) is 3.96. The van der Waals surface area contributed by atoms with Crippen LogP contribution in [0.2, 0.25) is 0 Å². The number of carboxylic acids is 1. The summed E-state index contributed by atoms with van der Waals surface area (Å²) in [5.74, 6) is -1.25. The first-order valence-corrected chi connectivity index (χ1v) is 7.44. The van der Waals surface area contributed by atoms with Crippen LogP contribution in [-0.2, 0) is 0 Å². The van der Waals surface area contributed by atoms with Gasteiger partial charge in [0.05, 0.1) is 11.1 Å². The molecule has 0 aromatic heterocycles. The van der Waals surface area contributed by atoms with Crippen LogP contribution in [0.3, 0.4) is 0 Å². The number of amides is 1. The number of nitrogens with one attached hydrogen (secondary N) is 1. The number of rotatable bonds is 3. The van der Waals surface area contributed by atoms with E-state index in [1.165, 1.54) is 12.1 Å². The van der Waals surface area contributed by atoms with E-state index in [-0.39, 0.29) is 11.5 Å². The summed E-state index contributed by atoms with van der Waals surface area (Å²) in [4.78, 5) is 22.9. The van der Waals surface area contributed by atoms with Crippen molar-refractivity contribution in [3.05, 3.63) is 61.6 Å². The molecule has 20 heavy (non-hydrogen) atoms. The van der Waals surface area contributed by atoms with Crippen molar-refractivity contribution in [1.29, 1.82) is 0 Å². The molecule has 0 heterocycles. The minimum absolute atomic E-state index is 0.179. The van der Waals surface area contributed by atoms with Crippen molar-refractivity contribution in [1.82, 2.24) is 0 Å². The van der Waals surface area contributed by atoms with Gasteiger partial charge in [-0.1, -0.05) is 0 Å². The molecule has 0 aliphatic carbocycles. The van der Waals surface area contributed by atoms with E-state index in [4.69, 9.17) is 5.11 Å². The first-order chi connectivity index (χ1) is 9.47. The molecule has 102 valence electrons. The van der Waals surface area contributed by atoms with Gasteiger partial charge in [0.2, 0.25) is 0 Å². The van der Waals surface area contributed by atoms with Crippen molar-refractivity contribution in [3.63, 3.8) is 0 Å². The molecule has 0 bridgehead atoms. The van der Waals surface area contributed by atoms with Crippen LogP contribution >= 0.6 is 38.5 Å². The number of halogens is 2. The normalized spacial score (nSPS) is 10.1. The Morgan fingerprint density at radius 3 is 2.35 bits per heavy atom. The van der Waals surface area contributed by atoms with Crippen molar-refractivity contribution in [2.45, 2.75) is 0 Å². The van der Waals surface area contributed by atoms with Crippen LogP contribution in [0.25, 0.3) is 0 Å². The van der Waals surface area contributed by atoms with Gasteiger partial charge in [0.1, 0.15) is 0 Å². The number of carbonyl (C=O) groups excluding carboxylic acids is 1. The van der Waals surface area contributed by atoms with E-state index in [2.05, 4.69) is 43.8 Å². The maximum atomic E-state index is 12.1. The van der Waals surface area contributed by atoms with E-state index >= 15 is 0 Å². The lowest BCUT2D eigenvalue weighted by atomic mass is 10.2. The molecule has 0 radical (unpaired) electrons. The summed E-state index contributed by atoms with van der Waals surface area (Å²) < 4.78 is 1.66. The predicted molar refractivity (Wildman–Crippen MR) is 88.2 cm³/mol. The fourth-order valence-electron chi connectivity index (χ4n) is 1.57. The van der Waals surface area contributed by atoms with Gasteiger partial charge in [-0.05, 0) is 81.0 Å². The highest BCUT2D eigenvalue weighted by Crippen LogP contribution is 2.21. The van der Waals surface area contributed by atoms with Gasteiger partial charge in [-0.25, -0.2) is 4.79 Å². The highest BCUT2D eigenvalue weighted by Gasteiger charge is 2.11. The van der Waals surface area contributed by atoms with E-state index in [1.54, 1.807) is 18.2 Å². The number of benzene rings is 2. The Labute approximate surface area is 137 Å². The summed E-state index contributed by atoms with van der Waals surface area (Å²) >= 11 is 5.47. The van der Waals surface area contributed by atoms with Crippen LogP contribution in [0.1, 0.15) is 20.7 Å². The third-order valence-electron chi connectivity index (χ3n) is 2.56. The summed E-state index contributed by atoms with van der Waals surface area (Å²) in [6.45, 7) is 0. The van der Waals surface area contributed by atoms with Gasteiger partial charge in [0.25, 0.3) is 5.91 Å². The fourth-order valence-corrected chi connectivity index (χ4v) is 2.48. The smallest absolute Gasteiger partial charge is 0.335 e. The second-order valence-corrected chi connectivity index (χ2v) is 6.06. The topological polar surface area (TPSA) is 66.4 Å². The number of anilines is 1. The molecular formula is C14H9BrINO3. The zero-order valence-electron chi connectivity index (χ0n) is 10.1. The van der Waals surface area contributed by atoms with E-state index in [0.29, 0.717) is 15.7 Å². The number of hydrogen-bond acceptors (Lipinski definition) is 2. The number of aromatic carboxylic acids is 1. The second kappa shape index (κ2) is 6.36. The van der Waals surface area contributed by atoms with Crippen molar-refractivity contribution < 1.29 is 14.7 Å². The average molecular weight is 446 g/mol. The first-order valence-electron chi connectivity index (χ1n) is 5.57. The Kier molecular flexibility index (Phi) is 4.77. The lowest BCUT2D eigenvalue weighted by Gasteiger charge is -2.07. The largest absolute Gasteiger partial charge is 0.478 e. The molecule has 0 aliphatic heterocycles. The van der Waals surface area contributed by atoms with Gasteiger partial charge in [-0.3, -0.25) is 4.79 Å². The number of carboxylic acid groups (broad SMARTS) is 1. The van der Waals surface area contributed by atoms with Crippen LogP contribution < -0.4 is 5.32 Å². The molecule has 0 saturated carbocycles. The Hall–Kier alpha value is -1.41. The Morgan fingerprint density at radius 2 is 1.75 bits per heavy atom.